The lowest BCUT2D eigenvalue weighted by Crippen LogP contribution is -2.01. The minimum absolute atomic E-state index is 0.655. The average Bonchev–Trinajstić information content (AvgIpc) is 3.04. The van der Waals surface area contributed by atoms with E-state index in [1.165, 1.54) is 11.1 Å². The smallest absolute Gasteiger partial charge is 0.0607 e. The largest absolute Gasteiger partial charge is 0.388 e. The standard InChI is InChI=1S/C20H26N4/c1-15(11-17-5-4-6-19(12-17)22-3)8-10-23-16(2)20-13-18(7-9-21)14-24-20/h4-6,8,10,12-14,22,24H,1,7,9,11,21H2,2-3H3/b10-8-,23-16?. The molecule has 1 heterocycles. The van der Waals surface area contributed by atoms with Crippen LogP contribution in [0.1, 0.15) is 23.7 Å². The zero-order valence-electron chi connectivity index (χ0n) is 14.5. The summed E-state index contributed by atoms with van der Waals surface area (Å²) in [5.41, 5.74) is 12.1. The second-order valence-electron chi connectivity index (χ2n) is 5.78. The fraction of sp³-hybridized carbons (Fsp3) is 0.250. The van der Waals surface area contributed by atoms with Crippen LogP contribution in [0.3, 0.4) is 0 Å². The molecule has 0 amide bonds. The Balaban J connectivity index is 1.94. The van der Waals surface area contributed by atoms with Crippen LogP contribution in [0.4, 0.5) is 5.69 Å². The van der Waals surface area contributed by atoms with Gasteiger partial charge in [-0.15, -0.1) is 0 Å². The van der Waals surface area contributed by atoms with Gasteiger partial charge in [-0.1, -0.05) is 18.7 Å². The van der Waals surface area contributed by atoms with Crippen molar-refractivity contribution < 1.29 is 0 Å². The van der Waals surface area contributed by atoms with Gasteiger partial charge < -0.3 is 16.0 Å². The van der Waals surface area contributed by atoms with Crippen LogP contribution in [-0.4, -0.2) is 24.3 Å². The van der Waals surface area contributed by atoms with E-state index < -0.39 is 0 Å². The lowest BCUT2D eigenvalue weighted by atomic mass is 10.1. The third kappa shape index (κ3) is 5.25. The molecular weight excluding hydrogens is 296 g/mol. The van der Waals surface area contributed by atoms with Crippen LogP contribution in [0.25, 0.3) is 0 Å². The number of benzene rings is 1. The summed E-state index contributed by atoms with van der Waals surface area (Å²) in [4.78, 5) is 7.71. The molecule has 0 atom stereocenters. The molecule has 0 radical (unpaired) electrons. The molecule has 0 bridgehead atoms. The van der Waals surface area contributed by atoms with Crippen molar-refractivity contribution in [2.45, 2.75) is 19.8 Å². The predicted molar refractivity (Wildman–Crippen MR) is 104 cm³/mol. The van der Waals surface area contributed by atoms with Gasteiger partial charge in [0.2, 0.25) is 0 Å². The van der Waals surface area contributed by atoms with E-state index >= 15 is 0 Å². The minimum atomic E-state index is 0.655. The number of hydrogen-bond acceptors (Lipinski definition) is 3. The van der Waals surface area contributed by atoms with E-state index in [9.17, 15) is 0 Å². The van der Waals surface area contributed by atoms with Crippen LogP contribution in [0.5, 0.6) is 0 Å². The van der Waals surface area contributed by atoms with Gasteiger partial charge in [-0.05, 0) is 67.3 Å². The minimum Gasteiger partial charge on any atom is -0.388 e. The van der Waals surface area contributed by atoms with Crippen LogP contribution in [0, 0.1) is 0 Å². The summed E-state index contributed by atoms with van der Waals surface area (Å²) in [6.07, 6.45) is 7.44. The van der Waals surface area contributed by atoms with Gasteiger partial charge in [0, 0.05) is 25.1 Å². The number of anilines is 1. The van der Waals surface area contributed by atoms with Gasteiger partial charge in [0.1, 0.15) is 0 Å². The fourth-order valence-electron chi connectivity index (χ4n) is 2.44. The Kier molecular flexibility index (Phi) is 6.58. The Hall–Kier alpha value is -2.59. The molecule has 2 aromatic rings. The Bertz CT molecular complexity index is 738. The first-order valence-corrected chi connectivity index (χ1v) is 8.15. The molecule has 0 saturated carbocycles. The molecule has 0 fully saturated rings. The summed E-state index contributed by atoms with van der Waals surface area (Å²) in [7, 11) is 1.92. The number of rotatable bonds is 8. The molecule has 1 aromatic carbocycles. The number of aliphatic imine (C=N–C) groups is 1. The predicted octanol–water partition coefficient (Wildman–Crippen LogP) is 3.68. The zero-order chi connectivity index (χ0) is 17.4. The van der Waals surface area contributed by atoms with Crippen molar-refractivity contribution in [1.29, 1.82) is 0 Å². The molecule has 0 aliphatic rings. The van der Waals surface area contributed by atoms with E-state index in [2.05, 4.69) is 40.1 Å². The molecule has 0 unspecified atom stereocenters. The summed E-state index contributed by atoms with van der Waals surface area (Å²) in [6, 6.07) is 10.4. The average molecular weight is 322 g/mol. The molecular formula is C20H26N4. The van der Waals surface area contributed by atoms with Gasteiger partial charge in [0.25, 0.3) is 0 Å². The van der Waals surface area contributed by atoms with Crippen molar-refractivity contribution in [2.75, 3.05) is 18.9 Å². The lowest BCUT2D eigenvalue weighted by Gasteiger charge is -2.04. The molecule has 0 aliphatic heterocycles. The van der Waals surface area contributed by atoms with Gasteiger partial charge in [0.05, 0.1) is 11.4 Å². The van der Waals surface area contributed by atoms with Crippen molar-refractivity contribution in [1.82, 2.24) is 4.98 Å². The Morgan fingerprint density at radius 3 is 2.92 bits per heavy atom. The van der Waals surface area contributed by atoms with Crippen LogP contribution < -0.4 is 11.1 Å². The molecule has 4 nitrogen and oxygen atoms in total. The number of aromatic nitrogens is 1. The highest BCUT2D eigenvalue weighted by molar-refractivity contribution is 5.97. The monoisotopic (exact) mass is 322 g/mol. The van der Waals surface area contributed by atoms with E-state index in [1.807, 2.05) is 44.6 Å². The van der Waals surface area contributed by atoms with Crippen molar-refractivity contribution in [3.05, 3.63) is 77.8 Å². The quantitative estimate of drug-likeness (QED) is 0.513. The number of nitrogens with one attached hydrogen (secondary N) is 2. The summed E-state index contributed by atoms with van der Waals surface area (Å²) in [6.45, 7) is 6.75. The van der Waals surface area contributed by atoms with Gasteiger partial charge in [-0.2, -0.15) is 0 Å². The van der Waals surface area contributed by atoms with Gasteiger partial charge >= 0.3 is 0 Å². The third-order valence-corrected chi connectivity index (χ3v) is 3.79. The number of allylic oxidation sites excluding steroid dienone is 2. The van der Waals surface area contributed by atoms with E-state index in [0.29, 0.717) is 6.54 Å². The topological polar surface area (TPSA) is 66.2 Å². The van der Waals surface area contributed by atoms with Crippen molar-refractivity contribution in [3.8, 4) is 0 Å². The maximum absolute atomic E-state index is 5.57. The Labute approximate surface area is 144 Å². The highest BCUT2D eigenvalue weighted by Gasteiger charge is 2.01. The van der Waals surface area contributed by atoms with E-state index in [1.54, 1.807) is 0 Å². The van der Waals surface area contributed by atoms with Crippen LogP contribution in [0.15, 0.2) is 65.9 Å². The van der Waals surface area contributed by atoms with Gasteiger partial charge in [-0.3, -0.25) is 4.99 Å². The summed E-state index contributed by atoms with van der Waals surface area (Å²) < 4.78 is 0. The molecule has 2 rings (SSSR count). The molecule has 4 heteroatoms. The molecule has 4 N–H and O–H groups in total. The number of nitrogens with two attached hydrogens (primary N) is 1. The number of aromatic amines is 1. The maximum atomic E-state index is 5.57. The third-order valence-electron chi connectivity index (χ3n) is 3.79. The second-order valence-corrected chi connectivity index (χ2v) is 5.78. The van der Waals surface area contributed by atoms with Crippen molar-refractivity contribution in [2.24, 2.45) is 10.7 Å². The normalized spacial score (nSPS) is 11.9. The summed E-state index contributed by atoms with van der Waals surface area (Å²) in [5.74, 6) is 0. The highest BCUT2D eigenvalue weighted by atomic mass is 14.8. The second kappa shape index (κ2) is 8.89. The van der Waals surface area contributed by atoms with E-state index in [-0.39, 0.29) is 0 Å². The van der Waals surface area contributed by atoms with Crippen molar-refractivity contribution >= 4 is 11.4 Å². The fourth-order valence-corrected chi connectivity index (χ4v) is 2.44. The zero-order valence-corrected chi connectivity index (χ0v) is 14.5. The van der Waals surface area contributed by atoms with Crippen LogP contribution in [-0.2, 0) is 12.8 Å². The van der Waals surface area contributed by atoms with Crippen LogP contribution in [0.2, 0.25) is 0 Å². The SMILES string of the molecule is C=C(/C=C\N=C(C)c1cc(CCN)c[nH]1)Cc1cccc(NC)c1. The van der Waals surface area contributed by atoms with Gasteiger partial charge in [-0.25, -0.2) is 0 Å². The number of hydrogen-bond donors (Lipinski definition) is 3. The first-order valence-electron chi connectivity index (χ1n) is 8.15. The summed E-state index contributed by atoms with van der Waals surface area (Å²) >= 11 is 0. The summed E-state index contributed by atoms with van der Waals surface area (Å²) in [5, 5.41) is 3.15. The highest BCUT2D eigenvalue weighted by Crippen LogP contribution is 2.14. The van der Waals surface area contributed by atoms with Gasteiger partial charge in [0.15, 0.2) is 0 Å². The molecule has 1 aromatic heterocycles. The number of nitrogens with zero attached hydrogens (tertiary/aromatic N) is 1. The van der Waals surface area contributed by atoms with Crippen LogP contribution >= 0.6 is 0 Å². The molecule has 0 aliphatic carbocycles. The number of H-pyrrole nitrogens is 1. The van der Waals surface area contributed by atoms with Crippen molar-refractivity contribution in [3.63, 3.8) is 0 Å². The first-order chi connectivity index (χ1) is 11.6. The lowest BCUT2D eigenvalue weighted by molar-refractivity contribution is 0.971. The molecule has 0 saturated heterocycles. The van der Waals surface area contributed by atoms with E-state index in [4.69, 9.17) is 5.73 Å². The first kappa shape index (κ1) is 17.8. The maximum Gasteiger partial charge on any atom is 0.0607 e. The molecule has 24 heavy (non-hydrogen) atoms. The Morgan fingerprint density at radius 1 is 1.33 bits per heavy atom. The molecule has 0 spiro atoms. The van der Waals surface area contributed by atoms with E-state index in [0.717, 1.165) is 35.5 Å². The Morgan fingerprint density at radius 2 is 2.17 bits per heavy atom. The molecule has 126 valence electrons.